The number of aliphatic hydroxyl groups is 1. The van der Waals surface area contributed by atoms with Gasteiger partial charge in [0.05, 0.1) is 12.7 Å². The summed E-state index contributed by atoms with van der Waals surface area (Å²) in [7, 11) is 0. The third kappa shape index (κ3) is 12.2. The van der Waals surface area contributed by atoms with Gasteiger partial charge in [-0.15, -0.1) is 0 Å². The standard InChI is InChI=1S/C16H18O4.C12H22O3/c1-11(2)15(17)19-10-14(20-16(18)12(3)4)13-8-6-5-7-9-13;1-8(2)10(13)12(5,6)7-15-11(14)9(3)4/h5-9,14H,1,3,10H2,2,4H3;8,10,13H,3,7H2,1-2,4-6H3. The Balaban J connectivity index is 0.000000691. The molecule has 1 rings (SSSR count). The van der Waals surface area contributed by atoms with Gasteiger partial charge in [0.15, 0.2) is 6.10 Å². The second-order valence-electron chi connectivity index (χ2n) is 9.50. The van der Waals surface area contributed by atoms with E-state index in [0.717, 1.165) is 5.56 Å². The van der Waals surface area contributed by atoms with Crippen LogP contribution in [0.2, 0.25) is 0 Å². The molecule has 0 saturated heterocycles. The van der Waals surface area contributed by atoms with Crippen molar-refractivity contribution in [2.24, 2.45) is 11.3 Å². The summed E-state index contributed by atoms with van der Waals surface area (Å²) in [5.74, 6) is -1.30. The molecule has 0 amide bonds. The van der Waals surface area contributed by atoms with Gasteiger partial charge in [-0.25, -0.2) is 14.4 Å². The molecule has 0 bridgehead atoms. The van der Waals surface area contributed by atoms with E-state index in [9.17, 15) is 19.5 Å². The van der Waals surface area contributed by atoms with Crippen molar-refractivity contribution in [2.75, 3.05) is 13.2 Å². The molecular weight excluding hydrogens is 448 g/mol. The van der Waals surface area contributed by atoms with Crippen LogP contribution in [0.3, 0.4) is 0 Å². The number of carbonyl (C=O) groups is 3. The zero-order chi connectivity index (χ0) is 27.3. The van der Waals surface area contributed by atoms with Gasteiger partial charge in [0.2, 0.25) is 0 Å². The predicted octanol–water partition coefficient (Wildman–Crippen LogP) is 5.12. The third-order valence-electron chi connectivity index (χ3n) is 4.84. The van der Waals surface area contributed by atoms with Gasteiger partial charge in [-0.1, -0.05) is 77.8 Å². The van der Waals surface area contributed by atoms with Gasteiger partial charge >= 0.3 is 17.9 Å². The fourth-order valence-corrected chi connectivity index (χ4v) is 2.73. The molecule has 7 heteroatoms. The monoisotopic (exact) mass is 488 g/mol. The highest BCUT2D eigenvalue weighted by atomic mass is 16.6. The molecule has 2 atom stereocenters. The summed E-state index contributed by atoms with van der Waals surface area (Å²) >= 11 is 0. The first-order valence-electron chi connectivity index (χ1n) is 11.3. The molecule has 0 aliphatic heterocycles. The van der Waals surface area contributed by atoms with Gasteiger partial charge in [-0.05, 0) is 32.3 Å². The number of hydrogen-bond acceptors (Lipinski definition) is 7. The van der Waals surface area contributed by atoms with Crippen LogP contribution in [0, 0.1) is 11.3 Å². The minimum absolute atomic E-state index is 0.0608. The van der Waals surface area contributed by atoms with E-state index in [2.05, 4.69) is 19.7 Å². The molecule has 0 aliphatic rings. The van der Waals surface area contributed by atoms with Gasteiger partial charge in [-0.2, -0.15) is 0 Å². The molecule has 2 unspecified atom stereocenters. The highest BCUT2D eigenvalue weighted by Gasteiger charge is 2.31. The summed E-state index contributed by atoms with van der Waals surface area (Å²) in [5, 5.41) is 9.89. The minimum Gasteiger partial charge on any atom is -0.462 e. The first kappa shape index (κ1) is 31.8. The third-order valence-corrected chi connectivity index (χ3v) is 4.84. The summed E-state index contributed by atoms with van der Waals surface area (Å²) in [6.07, 6.45) is -1.15. The molecule has 0 radical (unpaired) electrons. The molecule has 0 saturated carbocycles. The lowest BCUT2D eigenvalue weighted by Gasteiger charge is -2.32. The number of carbonyl (C=O) groups excluding carboxylic acids is 3. The zero-order valence-electron chi connectivity index (χ0n) is 22.1. The largest absolute Gasteiger partial charge is 0.462 e. The molecule has 0 aliphatic carbocycles. The molecule has 1 aromatic carbocycles. The molecule has 0 spiro atoms. The normalized spacial score (nSPS) is 12.4. The summed E-state index contributed by atoms with van der Waals surface area (Å²) in [4.78, 5) is 34.2. The van der Waals surface area contributed by atoms with E-state index in [0.29, 0.717) is 11.1 Å². The summed E-state index contributed by atoms with van der Waals surface area (Å²) < 4.78 is 15.4. The SMILES string of the molecule is C=C(C)C(=O)OCC(C)(C)C(O)C(C)C.C=C(C)C(=O)OCC(OC(=O)C(=C)C)c1ccccc1. The maximum absolute atomic E-state index is 11.6. The molecule has 1 aromatic rings. The van der Waals surface area contributed by atoms with E-state index in [4.69, 9.17) is 14.2 Å². The topological polar surface area (TPSA) is 99.1 Å². The molecule has 0 heterocycles. The Bertz CT molecular complexity index is 897. The average Bonchev–Trinajstić information content (AvgIpc) is 2.79. The fraction of sp³-hybridized carbons (Fsp3) is 0.464. The molecule has 0 aromatic heterocycles. The van der Waals surface area contributed by atoms with Gasteiger partial charge in [0.25, 0.3) is 0 Å². The Morgan fingerprint density at radius 1 is 0.857 bits per heavy atom. The molecular formula is C28H40O7. The number of esters is 3. The maximum Gasteiger partial charge on any atom is 0.333 e. The Hall–Kier alpha value is -3.19. The predicted molar refractivity (Wildman–Crippen MR) is 136 cm³/mol. The van der Waals surface area contributed by atoms with Crippen LogP contribution in [0.15, 0.2) is 66.8 Å². The van der Waals surface area contributed by atoms with Crippen molar-refractivity contribution in [3.8, 4) is 0 Å². The number of aliphatic hydroxyl groups excluding tert-OH is 1. The van der Waals surface area contributed by atoms with E-state index in [1.807, 2.05) is 45.9 Å². The van der Waals surface area contributed by atoms with E-state index >= 15 is 0 Å². The highest BCUT2D eigenvalue weighted by Crippen LogP contribution is 2.26. The maximum atomic E-state index is 11.6. The van der Waals surface area contributed by atoms with Crippen molar-refractivity contribution in [1.82, 2.24) is 0 Å². The van der Waals surface area contributed by atoms with Gasteiger partial charge in [0, 0.05) is 22.1 Å². The summed E-state index contributed by atoms with van der Waals surface area (Å²) in [5.41, 5.74) is 1.28. The minimum atomic E-state index is -0.663. The van der Waals surface area contributed by atoms with Crippen LogP contribution in [-0.2, 0) is 28.6 Å². The fourth-order valence-electron chi connectivity index (χ4n) is 2.73. The number of benzene rings is 1. The first-order valence-corrected chi connectivity index (χ1v) is 11.3. The Morgan fingerprint density at radius 3 is 1.74 bits per heavy atom. The second-order valence-corrected chi connectivity index (χ2v) is 9.50. The quantitative estimate of drug-likeness (QED) is 0.262. The van der Waals surface area contributed by atoms with Crippen molar-refractivity contribution in [2.45, 2.75) is 60.7 Å². The lowest BCUT2D eigenvalue weighted by Crippen LogP contribution is -2.38. The Labute approximate surface area is 209 Å². The van der Waals surface area contributed by atoms with Crippen LogP contribution in [0.5, 0.6) is 0 Å². The van der Waals surface area contributed by atoms with Crippen LogP contribution in [0.25, 0.3) is 0 Å². The summed E-state index contributed by atoms with van der Waals surface area (Å²) in [6.45, 7) is 23.0. The van der Waals surface area contributed by atoms with Crippen LogP contribution in [0.1, 0.15) is 60.1 Å². The molecule has 35 heavy (non-hydrogen) atoms. The van der Waals surface area contributed by atoms with Crippen molar-refractivity contribution in [3.63, 3.8) is 0 Å². The Morgan fingerprint density at radius 2 is 1.31 bits per heavy atom. The van der Waals surface area contributed by atoms with Crippen LogP contribution >= 0.6 is 0 Å². The van der Waals surface area contributed by atoms with Crippen LogP contribution in [-0.4, -0.2) is 42.3 Å². The molecule has 7 nitrogen and oxygen atoms in total. The molecule has 194 valence electrons. The average molecular weight is 489 g/mol. The molecule has 0 fully saturated rings. The van der Waals surface area contributed by atoms with Crippen LogP contribution < -0.4 is 0 Å². The van der Waals surface area contributed by atoms with E-state index in [1.165, 1.54) is 0 Å². The van der Waals surface area contributed by atoms with E-state index in [1.54, 1.807) is 32.9 Å². The Kier molecular flexibility index (Phi) is 13.6. The number of rotatable bonds is 11. The highest BCUT2D eigenvalue weighted by molar-refractivity contribution is 5.88. The second kappa shape index (κ2) is 14.9. The first-order chi connectivity index (χ1) is 16.1. The van der Waals surface area contributed by atoms with Crippen molar-refractivity contribution in [3.05, 3.63) is 72.4 Å². The van der Waals surface area contributed by atoms with Crippen molar-refractivity contribution < 1.29 is 33.7 Å². The van der Waals surface area contributed by atoms with E-state index < -0.39 is 35.5 Å². The van der Waals surface area contributed by atoms with Gasteiger partial charge in [0.1, 0.15) is 6.61 Å². The smallest absolute Gasteiger partial charge is 0.333 e. The van der Waals surface area contributed by atoms with Crippen molar-refractivity contribution in [1.29, 1.82) is 0 Å². The number of ether oxygens (including phenoxy) is 3. The lowest BCUT2D eigenvalue weighted by molar-refractivity contribution is -0.154. The zero-order valence-corrected chi connectivity index (χ0v) is 22.1. The molecule has 1 N–H and O–H groups in total. The van der Waals surface area contributed by atoms with Crippen LogP contribution in [0.4, 0.5) is 0 Å². The number of hydrogen-bond donors (Lipinski definition) is 1. The summed E-state index contributed by atoms with van der Waals surface area (Å²) in [6, 6.07) is 9.08. The van der Waals surface area contributed by atoms with Gasteiger partial charge < -0.3 is 19.3 Å². The van der Waals surface area contributed by atoms with Crippen molar-refractivity contribution >= 4 is 17.9 Å². The lowest BCUT2D eigenvalue weighted by atomic mass is 9.81. The van der Waals surface area contributed by atoms with Gasteiger partial charge in [-0.3, -0.25) is 0 Å². The van der Waals surface area contributed by atoms with E-state index in [-0.39, 0.29) is 24.7 Å².